The average Bonchev–Trinajstić information content (AvgIpc) is 2.46. The Balaban J connectivity index is 2.20. The number of fused-ring (bicyclic) bond motifs is 1. The Morgan fingerprint density at radius 1 is 1.10 bits per heavy atom. The van der Waals surface area contributed by atoms with E-state index in [0.717, 1.165) is 5.56 Å². The molecule has 0 amide bonds. The largest absolute Gasteiger partial charge is 0.334 e. The molecule has 0 atom stereocenters. The molecule has 6 nitrogen and oxygen atoms in total. The lowest BCUT2D eigenvalue weighted by molar-refractivity contribution is -0.386. The summed E-state index contributed by atoms with van der Waals surface area (Å²) in [5.74, 6) is 0. The van der Waals surface area contributed by atoms with Crippen LogP contribution in [0.2, 0.25) is 0 Å². The van der Waals surface area contributed by atoms with Crippen LogP contribution in [0.4, 0.5) is 5.69 Å². The molecule has 0 aliphatic carbocycles. The number of rotatable bonds is 2. The molecule has 1 aromatic carbocycles. The minimum Gasteiger partial charge on any atom is -0.301 e. The van der Waals surface area contributed by atoms with Gasteiger partial charge in [-0.05, 0) is 12.1 Å². The predicted octanol–water partition coefficient (Wildman–Crippen LogP) is 2.50. The summed E-state index contributed by atoms with van der Waals surface area (Å²) in [7, 11) is 0. The first-order valence-corrected chi connectivity index (χ1v) is 5.89. The molecule has 0 radical (unpaired) electrons. The number of benzene rings is 1. The molecule has 20 heavy (non-hydrogen) atoms. The van der Waals surface area contributed by atoms with Crippen LogP contribution in [0, 0.1) is 10.1 Å². The van der Waals surface area contributed by atoms with Gasteiger partial charge in [-0.15, -0.1) is 0 Å². The van der Waals surface area contributed by atoms with E-state index >= 15 is 0 Å². The van der Waals surface area contributed by atoms with Crippen molar-refractivity contribution in [3.63, 3.8) is 0 Å². The maximum Gasteiger partial charge on any atom is 0.334 e. The van der Waals surface area contributed by atoms with Crippen LogP contribution in [-0.2, 0) is 0 Å². The molecule has 0 saturated heterocycles. The highest BCUT2D eigenvalue weighted by Gasteiger charge is 2.14. The normalized spacial score (nSPS) is 10.6. The van der Waals surface area contributed by atoms with Crippen molar-refractivity contribution < 1.29 is 4.92 Å². The summed E-state index contributed by atoms with van der Waals surface area (Å²) in [6.07, 6.45) is 0. The van der Waals surface area contributed by atoms with Gasteiger partial charge in [0.15, 0.2) is 0 Å². The van der Waals surface area contributed by atoms with Gasteiger partial charge in [-0.25, -0.2) is 4.98 Å². The number of hydrogen-bond donors (Lipinski definition) is 1. The SMILES string of the molecule is O=c1[nH]c2nc(-c3ccccc3)ccc2cc1[N+](=O)[O-]. The van der Waals surface area contributed by atoms with Crippen LogP contribution in [0.3, 0.4) is 0 Å². The Morgan fingerprint density at radius 2 is 1.85 bits per heavy atom. The molecular formula is C14H9N3O3. The molecule has 0 aliphatic heterocycles. The molecule has 0 fully saturated rings. The van der Waals surface area contributed by atoms with Crippen molar-refractivity contribution in [1.29, 1.82) is 0 Å². The summed E-state index contributed by atoms with van der Waals surface area (Å²) in [6, 6.07) is 14.2. The Hall–Kier alpha value is -3.02. The second-order valence-corrected chi connectivity index (χ2v) is 4.24. The third kappa shape index (κ3) is 2.03. The van der Waals surface area contributed by atoms with Crippen molar-refractivity contribution in [3.05, 3.63) is 69.0 Å². The van der Waals surface area contributed by atoms with E-state index in [4.69, 9.17) is 0 Å². The van der Waals surface area contributed by atoms with Crippen molar-refractivity contribution in [2.24, 2.45) is 0 Å². The van der Waals surface area contributed by atoms with E-state index in [2.05, 4.69) is 9.97 Å². The molecule has 3 rings (SSSR count). The molecule has 3 aromatic rings. The molecule has 98 valence electrons. The van der Waals surface area contributed by atoms with Crippen LogP contribution in [-0.4, -0.2) is 14.9 Å². The van der Waals surface area contributed by atoms with Crippen molar-refractivity contribution in [2.75, 3.05) is 0 Å². The Bertz CT molecular complexity index is 856. The van der Waals surface area contributed by atoms with Gasteiger partial charge in [0.05, 0.1) is 10.6 Å². The fraction of sp³-hybridized carbons (Fsp3) is 0. The van der Waals surface area contributed by atoms with Crippen LogP contribution in [0.15, 0.2) is 53.3 Å². The van der Waals surface area contributed by atoms with Crippen LogP contribution in [0.25, 0.3) is 22.3 Å². The van der Waals surface area contributed by atoms with Gasteiger partial charge in [0.2, 0.25) is 0 Å². The lowest BCUT2D eigenvalue weighted by atomic mass is 10.1. The van der Waals surface area contributed by atoms with E-state index in [0.29, 0.717) is 16.7 Å². The van der Waals surface area contributed by atoms with Gasteiger partial charge in [0, 0.05) is 17.0 Å². The quantitative estimate of drug-likeness (QED) is 0.570. The monoisotopic (exact) mass is 267 g/mol. The third-order valence-corrected chi connectivity index (χ3v) is 2.95. The van der Waals surface area contributed by atoms with E-state index in [-0.39, 0.29) is 0 Å². The van der Waals surface area contributed by atoms with Gasteiger partial charge < -0.3 is 4.98 Å². The van der Waals surface area contributed by atoms with Crippen LogP contribution in [0.5, 0.6) is 0 Å². The maximum absolute atomic E-state index is 11.6. The second kappa shape index (κ2) is 4.58. The highest BCUT2D eigenvalue weighted by atomic mass is 16.6. The Labute approximate surface area is 112 Å². The number of nitrogens with one attached hydrogen (secondary N) is 1. The molecule has 2 heterocycles. The maximum atomic E-state index is 11.6. The first kappa shape index (κ1) is 12.0. The number of H-pyrrole nitrogens is 1. The summed E-state index contributed by atoms with van der Waals surface area (Å²) in [5, 5.41) is 11.2. The van der Waals surface area contributed by atoms with E-state index in [1.165, 1.54) is 6.07 Å². The highest BCUT2D eigenvalue weighted by Crippen LogP contribution is 2.20. The zero-order valence-corrected chi connectivity index (χ0v) is 10.2. The molecule has 0 saturated carbocycles. The summed E-state index contributed by atoms with van der Waals surface area (Å²) in [6.45, 7) is 0. The number of nitro groups is 1. The van der Waals surface area contributed by atoms with E-state index in [1.54, 1.807) is 12.1 Å². The van der Waals surface area contributed by atoms with Gasteiger partial charge in [-0.2, -0.15) is 0 Å². The number of nitrogens with zero attached hydrogens (tertiary/aromatic N) is 2. The number of hydrogen-bond acceptors (Lipinski definition) is 4. The zero-order chi connectivity index (χ0) is 14.1. The molecule has 2 aromatic heterocycles. The fourth-order valence-corrected chi connectivity index (χ4v) is 1.98. The molecular weight excluding hydrogens is 258 g/mol. The summed E-state index contributed by atoms with van der Waals surface area (Å²) in [5.41, 5.74) is 0.713. The summed E-state index contributed by atoms with van der Waals surface area (Å²) in [4.78, 5) is 28.4. The van der Waals surface area contributed by atoms with Crippen molar-refractivity contribution in [1.82, 2.24) is 9.97 Å². The van der Waals surface area contributed by atoms with Gasteiger partial charge >= 0.3 is 11.2 Å². The van der Waals surface area contributed by atoms with E-state index < -0.39 is 16.2 Å². The lowest BCUT2D eigenvalue weighted by Crippen LogP contribution is -2.11. The number of pyridine rings is 2. The average molecular weight is 267 g/mol. The van der Waals surface area contributed by atoms with Crippen molar-refractivity contribution >= 4 is 16.7 Å². The number of aromatic amines is 1. The minimum absolute atomic E-state index is 0.335. The van der Waals surface area contributed by atoms with E-state index in [1.807, 2.05) is 30.3 Å². The summed E-state index contributed by atoms with van der Waals surface area (Å²) >= 11 is 0. The summed E-state index contributed by atoms with van der Waals surface area (Å²) < 4.78 is 0. The van der Waals surface area contributed by atoms with Gasteiger partial charge in [-0.3, -0.25) is 14.9 Å². The molecule has 1 N–H and O–H groups in total. The molecule has 0 spiro atoms. The molecule has 0 aliphatic rings. The smallest absolute Gasteiger partial charge is 0.301 e. The third-order valence-electron chi connectivity index (χ3n) is 2.95. The van der Waals surface area contributed by atoms with Crippen LogP contribution in [0.1, 0.15) is 0 Å². The fourth-order valence-electron chi connectivity index (χ4n) is 1.98. The van der Waals surface area contributed by atoms with Crippen LogP contribution < -0.4 is 5.56 Å². The number of aromatic nitrogens is 2. The van der Waals surface area contributed by atoms with Crippen molar-refractivity contribution in [3.8, 4) is 11.3 Å². The highest BCUT2D eigenvalue weighted by molar-refractivity contribution is 5.79. The minimum atomic E-state index is -0.750. The van der Waals surface area contributed by atoms with E-state index in [9.17, 15) is 14.9 Å². The first-order valence-electron chi connectivity index (χ1n) is 5.89. The topological polar surface area (TPSA) is 88.9 Å². The molecule has 0 unspecified atom stereocenters. The predicted molar refractivity (Wildman–Crippen MR) is 74.5 cm³/mol. The van der Waals surface area contributed by atoms with Gasteiger partial charge in [0.25, 0.3) is 0 Å². The van der Waals surface area contributed by atoms with Crippen molar-refractivity contribution in [2.45, 2.75) is 0 Å². The lowest BCUT2D eigenvalue weighted by Gasteiger charge is -2.02. The molecule has 0 bridgehead atoms. The Morgan fingerprint density at radius 3 is 2.55 bits per heavy atom. The standard InChI is InChI=1S/C14H9N3O3/c18-14-12(17(19)20)8-10-6-7-11(15-13(10)16-14)9-4-2-1-3-5-9/h1-8H,(H,15,16,18). The van der Waals surface area contributed by atoms with Gasteiger partial charge in [0.1, 0.15) is 5.65 Å². The molecule has 6 heteroatoms. The zero-order valence-electron chi connectivity index (χ0n) is 10.2. The second-order valence-electron chi connectivity index (χ2n) is 4.24. The first-order chi connectivity index (χ1) is 9.65. The van der Waals surface area contributed by atoms with Gasteiger partial charge in [-0.1, -0.05) is 30.3 Å². The Kier molecular flexibility index (Phi) is 2.76. The van der Waals surface area contributed by atoms with Crippen LogP contribution >= 0.6 is 0 Å².